The molecule has 0 aromatic heterocycles. The summed E-state index contributed by atoms with van der Waals surface area (Å²) in [5, 5.41) is 2.86. The van der Waals surface area contributed by atoms with Crippen molar-refractivity contribution < 1.29 is 19.0 Å². The SMILES string of the molecule is COc1ccc(OC)c(NC(=O)C2=Cc3cc(C)ccc3OC=C2)c1. The minimum Gasteiger partial charge on any atom is -0.497 e. The number of rotatable bonds is 4. The number of aryl methyl sites for hydroxylation is 1. The molecular weight excluding hydrogens is 318 g/mol. The van der Waals surface area contributed by atoms with Crippen LogP contribution in [0.5, 0.6) is 17.2 Å². The summed E-state index contributed by atoms with van der Waals surface area (Å²) in [4.78, 5) is 12.7. The third-order valence-corrected chi connectivity index (χ3v) is 3.84. The van der Waals surface area contributed by atoms with E-state index in [9.17, 15) is 4.79 Å². The van der Waals surface area contributed by atoms with Crippen LogP contribution in [0.3, 0.4) is 0 Å². The molecule has 1 heterocycles. The Morgan fingerprint density at radius 1 is 1.08 bits per heavy atom. The van der Waals surface area contributed by atoms with E-state index in [4.69, 9.17) is 14.2 Å². The maximum atomic E-state index is 12.7. The largest absolute Gasteiger partial charge is 0.497 e. The minimum absolute atomic E-state index is 0.263. The highest BCUT2D eigenvalue weighted by molar-refractivity contribution is 6.09. The molecule has 3 rings (SSSR count). The standard InChI is InChI=1S/C20H19NO4/c1-13-4-6-18-15(10-13)11-14(8-9-25-18)20(22)21-17-12-16(23-2)5-7-19(17)24-3/h4-12H,1-3H3,(H,21,22). The van der Waals surface area contributed by atoms with E-state index in [1.54, 1.807) is 44.6 Å². The molecule has 25 heavy (non-hydrogen) atoms. The fraction of sp³-hybridized carbons (Fsp3) is 0.150. The van der Waals surface area contributed by atoms with E-state index in [0.29, 0.717) is 28.5 Å². The van der Waals surface area contributed by atoms with E-state index in [1.807, 2.05) is 25.1 Å². The van der Waals surface area contributed by atoms with Gasteiger partial charge in [0.2, 0.25) is 0 Å². The van der Waals surface area contributed by atoms with Gasteiger partial charge in [-0.2, -0.15) is 0 Å². The summed E-state index contributed by atoms with van der Waals surface area (Å²) in [6, 6.07) is 11.1. The molecule has 0 radical (unpaired) electrons. The predicted octanol–water partition coefficient (Wildman–Crippen LogP) is 3.94. The minimum atomic E-state index is -0.263. The molecule has 5 nitrogen and oxygen atoms in total. The van der Waals surface area contributed by atoms with E-state index in [-0.39, 0.29) is 5.91 Å². The van der Waals surface area contributed by atoms with Gasteiger partial charge in [0, 0.05) is 17.2 Å². The number of carbonyl (C=O) groups is 1. The second kappa shape index (κ2) is 7.13. The van der Waals surface area contributed by atoms with Crippen LogP contribution in [-0.2, 0) is 4.79 Å². The number of amides is 1. The van der Waals surface area contributed by atoms with Gasteiger partial charge in [-0.25, -0.2) is 0 Å². The molecule has 0 aliphatic carbocycles. The molecule has 1 N–H and O–H groups in total. The number of hydrogen-bond acceptors (Lipinski definition) is 4. The van der Waals surface area contributed by atoms with Crippen LogP contribution >= 0.6 is 0 Å². The van der Waals surface area contributed by atoms with Gasteiger partial charge >= 0.3 is 0 Å². The highest BCUT2D eigenvalue weighted by Crippen LogP contribution is 2.30. The zero-order chi connectivity index (χ0) is 17.8. The summed E-state index contributed by atoms with van der Waals surface area (Å²) in [7, 11) is 3.12. The van der Waals surface area contributed by atoms with Crippen LogP contribution in [0.25, 0.3) is 6.08 Å². The van der Waals surface area contributed by atoms with Gasteiger partial charge in [0.15, 0.2) is 0 Å². The average Bonchev–Trinajstić information content (AvgIpc) is 2.83. The first-order valence-corrected chi connectivity index (χ1v) is 7.79. The third-order valence-electron chi connectivity index (χ3n) is 3.84. The van der Waals surface area contributed by atoms with Crippen molar-refractivity contribution in [3.63, 3.8) is 0 Å². The summed E-state index contributed by atoms with van der Waals surface area (Å²) in [6.45, 7) is 1.99. The van der Waals surface area contributed by atoms with Crippen LogP contribution in [0.15, 0.2) is 54.3 Å². The Hall–Kier alpha value is -3.21. The fourth-order valence-electron chi connectivity index (χ4n) is 2.53. The third kappa shape index (κ3) is 3.66. The van der Waals surface area contributed by atoms with Crippen molar-refractivity contribution in [1.82, 2.24) is 0 Å². The van der Waals surface area contributed by atoms with Crippen molar-refractivity contribution in [2.45, 2.75) is 6.92 Å². The smallest absolute Gasteiger partial charge is 0.255 e. The van der Waals surface area contributed by atoms with Crippen molar-refractivity contribution in [2.24, 2.45) is 0 Å². The predicted molar refractivity (Wildman–Crippen MR) is 97.1 cm³/mol. The molecule has 2 aromatic carbocycles. The summed E-state index contributed by atoms with van der Waals surface area (Å²) >= 11 is 0. The molecule has 0 saturated heterocycles. The van der Waals surface area contributed by atoms with Gasteiger partial charge in [-0.1, -0.05) is 11.6 Å². The van der Waals surface area contributed by atoms with Gasteiger partial charge in [-0.05, 0) is 43.3 Å². The van der Waals surface area contributed by atoms with Crippen molar-refractivity contribution in [3.8, 4) is 17.2 Å². The molecule has 0 spiro atoms. The van der Waals surface area contributed by atoms with Crippen molar-refractivity contribution in [3.05, 3.63) is 65.4 Å². The van der Waals surface area contributed by atoms with Gasteiger partial charge in [0.25, 0.3) is 5.91 Å². The van der Waals surface area contributed by atoms with Crippen molar-refractivity contribution in [1.29, 1.82) is 0 Å². The topological polar surface area (TPSA) is 56.8 Å². The lowest BCUT2D eigenvalue weighted by Crippen LogP contribution is -2.14. The molecule has 5 heteroatoms. The summed E-state index contributed by atoms with van der Waals surface area (Å²) in [5.41, 5.74) is 2.97. The molecule has 0 bridgehead atoms. The lowest BCUT2D eigenvalue weighted by atomic mass is 10.1. The van der Waals surface area contributed by atoms with Gasteiger partial charge in [-0.3, -0.25) is 4.79 Å². The highest BCUT2D eigenvalue weighted by Gasteiger charge is 2.15. The number of fused-ring (bicyclic) bond motifs is 1. The number of benzene rings is 2. The number of anilines is 1. The maximum absolute atomic E-state index is 12.7. The maximum Gasteiger partial charge on any atom is 0.255 e. The Labute approximate surface area is 146 Å². The second-order valence-corrected chi connectivity index (χ2v) is 5.58. The first kappa shape index (κ1) is 16.6. The van der Waals surface area contributed by atoms with Crippen molar-refractivity contribution in [2.75, 3.05) is 19.5 Å². The summed E-state index contributed by atoms with van der Waals surface area (Å²) in [5.74, 6) is 1.63. The Bertz CT molecular complexity index is 868. The number of methoxy groups -OCH3 is 2. The van der Waals surface area contributed by atoms with Crippen molar-refractivity contribution >= 4 is 17.7 Å². The Morgan fingerprint density at radius 3 is 2.68 bits per heavy atom. The summed E-state index contributed by atoms with van der Waals surface area (Å²) < 4.78 is 16.1. The number of hydrogen-bond donors (Lipinski definition) is 1. The lowest BCUT2D eigenvalue weighted by molar-refractivity contribution is -0.112. The van der Waals surface area contributed by atoms with Gasteiger partial charge in [0.1, 0.15) is 17.2 Å². The first-order valence-electron chi connectivity index (χ1n) is 7.79. The molecule has 128 valence electrons. The van der Waals surface area contributed by atoms with E-state index in [2.05, 4.69) is 5.32 Å². The molecule has 0 atom stereocenters. The van der Waals surface area contributed by atoms with Crippen LogP contribution in [0, 0.1) is 6.92 Å². The van der Waals surface area contributed by atoms with Crippen LogP contribution < -0.4 is 19.5 Å². The normalized spacial score (nSPS) is 12.4. The van der Waals surface area contributed by atoms with Gasteiger partial charge in [0.05, 0.1) is 26.2 Å². The van der Waals surface area contributed by atoms with Crippen LogP contribution in [0.1, 0.15) is 11.1 Å². The molecule has 1 aliphatic heterocycles. The second-order valence-electron chi connectivity index (χ2n) is 5.58. The Morgan fingerprint density at radius 2 is 1.92 bits per heavy atom. The lowest BCUT2D eigenvalue weighted by Gasteiger charge is -2.12. The molecule has 2 aromatic rings. The molecular formula is C20H19NO4. The quantitative estimate of drug-likeness (QED) is 0.918. The van der Waals surface area contributed by atoms with Gasteiger partial charge < -0.3 is 19.5 Å². The number of nitrogens with one attached hydrogen (secondary N) is 1. The van der Waals surface area contributed by atoms with E-state index >= 15 is 0 Å². The summed E-state index contributed by atoms with van der Waals surface area (Å²) in [6.07, 6.45) is 4.94. The Balaban J connectivity index is 1.91. The van der Waals surface area contributed by atoms with E-state index in [1.165, 1.54) is 6.26 Å². The molecule has 0 saturated carbocycles. The highest BCUT2D eigenvalue weighted by atomic mass is 16.5. The first-order chi connectivity index (χ1) is 12.1. The average molecular weight is 337 g/mol. The van der Waals surface area contributed by atoms with Crippen LogP contribution in [0.4, 0.5) is 5.69 Å². The monoisotopic (exact) mass is 337 g/mol. The zero-order valence-electron chi connectivity index (χ0n) is 14.3. The molecule has 0 unspecified atom stereocenters. The Kier molecular flexibility index (Phi) is 4.75. The number of ether oxygens (including phenoxy) is 3. The zero-order valence-corrected chi connectivity index (χ0v) is 14.3. The van der Waals surface area contributed by atoms with E-state index in [0.717, 1.165) is 11.1 Å². The van der Waals surface area contributed by atoms with Crippen LogP contribution in [-0.4, -0.2) is 20.1 Å². The fourth-order valence-corrected chi connectivity index (χ4v) is 2.53. The molecule has 1 aliphatic rings. The van der Waals surface area contributed by atoms with Gasteiger partial charge in [-0.15, -0.1) is 0 Å². The number of carbonyl (C=O) groups excluding carboxylic acids is 1. The molecule has 1 amide bonds. The van der Waals surface area contributed by atoms with E-state index < -0.39 is 0 Å². The van der Waals surface area contributed by atoms with Crippen LogP contribution in [0.2, 0.25) is 0 Å². The molecule has 0 fully saturated rings.